The summed E-state index contributed by atoms with van der Waals surface area (Å²) in [6.07, 6.45) is 0. The third kappa shape index (κ3) is 1.11. The zero-order valence-corrected chi connectivity index (χ0v) is 5.81. The molecule has 0 spiro atoms. The van der Waals surface area contributed by atoms with E-state index in [9.17, 15) is 8.78 Å². The SMILES string of the molecule is N#Cc1ccc(C#N)c(F)c1F. The number of nitrogens with zero attached hydrogens (tertiary/aromatic N) is 2. The summed E-state index contributed by atoms with van der Waals surface area (Å²) in [5, 5.41) is 16.5. The van der Waals surface area contributed by atoms with Gasteiger partial charge in [-0.15, -0.1) is 0 Å². The summed E-state index contributed by atoms with van der Waals surface area (Å²) in [5.41, 5.74) is -0.794. The molecule has 0 atom stereocenters. The Bertz CT molecular complexity index is 360. The quantitative estimate of drug-likeness (QED) is 0.585. The van der Waals surface area contributed by atoms with Crippen LogP contribution in [0.1, 0.15) is 11.1 Å². The molecule has 1 aromatic carbocycles. The molecular weight excluding hydrogens is 162 g/mol. The fraction of sp³-hybridized carbons (Fsp3) is 0. The van der Waals surface area contributed by atoms with Crippen LogP contribution in [-0.4, -0.2) is 0 Å². The molecule has 0 radical (unpaired) electrons. The molecule has 0 aliphatic heterocycles. The van der Waals surface area contributed by atoms with Gasteiger partial charge in [-0.1, -0.05) is 0 Å². The Kier molecular flexibility index (Phi) is 2.02. The zero-order chi connectivity index (χ0) is 9.14. The summed E-state index contributed by atoms with van der Waals surface area (Å²) in [5.74, 6) is -2.53. The fourth-order valence-electron chi connectivity index (χ4n) is 0.722. The summed E-state index contributed by atoms with van der Waals surface area (Å²) >= 11 is 0. The normalized spacial score (nSPS) is 8.67. The van der Waals surface area contributed by atoms with Crippen molar-refractivity contribution >= 4 is 0 Å². The van der Waals surface area contributed by atoms with Crippen molar-refractivity contribution in [3.05, 3.63) is 34.9 Å². The minimum absolute atomic E-state index is 0.397. The van der Waals surface area contributed by atoms with Crippen molar-refractivity contribution in [1.29, 1.82) is 10.5 Å². The lowest BCUT2D eigenvalue weighted by molar-refractivity contribution is 0.504. The van der Waals surface area contributed by atoms with Crippen molar-refractivity contribution in [2.75, 3.05) is 0 Å². The molecule has 0 bridgehead atoms. The molecule has 1 rings (SSSR count). The van der Waals surface area contributed by atoms with E-state index in [0.29, 0.717) is 0 Å². The number of hydrogen-bond acceptors (Lipinski definition) is 2. The Hall–Kier alpha value is -1.94. The summed E-state index contributed by atoms with van der Waals surface area (Å²) < 4.78 is 25.4. The molecule has 0 aliphatic rings. The van der Waals surface area contributed by atoms with Gasteiger partial charge in [0.2, 0.25) is 0 Å². The van der Waals surface area contributed by atoms with Gasteiger partial charge in [0, 0.05) is 0 Å². The predicted molar refractivity (Wildman–Crippen MR) is 35.8 cm³/mol. The van der Waals surface area contributed by atoms with Crippen molar-refractivity contribution in [1.82, 2.24) is 0 Å². The van der Waals surface area contributed by atoms with E-state index in [1.165, 1.54) is 12.1 Å². The van der Waals surface area contributed by atoms with Crippen LogP contribution in [0.5, 0.6) is 0 Å². The van der Waals surface area contributed by atoms with E-state index in [-0.39, 0.29) is 0 Å². The molecule has 0 unspecified atom stereocenters. The van der Waals surface area contributed by atoms with Gasteiger partial charge in [0.25, 0.3) is 0 Å². The van der Waals surface area contributed by atoms with E-state index in [1.807, 2.05) is 0 Å². The van der Waals surface area contributed by atoms with E-state index in [4.69, 9.17) is 10.5 Å². The second kappa shape index (κ2) is 2.98. The van der Waals surface area contributed by atoms with Gasteiger partial charge in [0.1, 0.15) is 12.1 Å². The van der Waals surface area contributed by atoms with Crippen LogP contribution in [0.4, 0.5) is 8.78 Å². The lowest BCUT2D eigenvalue weighted by Gasteiger charge is -1.95. The molecule has 0 heterocycles. The van der Waals surface area contributed by atoms with Crippen LogP contribution >= 0.6 is 0 Å². The third-order valence-electron chi connectivity index (χ3n) is 1.32. The first-order valence-corrected chi connectivity index (χ1v) is 2.99. The number of rotatable bonds is 0. The van der Waals surface area contributed by atoms with Crippen molar-refractivity contribution in [3.8, 4) is 12.1 Å². The summed E-state index contributed by atoms with van der Waals surface area (Å²) in [7, 11) is 0. The molecule has 0 amide bonds. The largest absolute Gasteiger partial charge is 0.202 e. The van der Waals surface area contributed by atoms with Crippen molar-refractivity contribution < 1.29 is 8.78 Å². The number of nitriles is 2. The molecule has 0 aromatic heterocycles. The highest BCUT2D eigenvalue weighted by Crippen LogP contribution is 2.14. The second-order valence-corrected chi connectivity index (χ2v) is 2.01. The maximum absolute atomic E-state index is 12.7. The van der Waals surface area contributed by atoms with Gasteiger partial charge < -0.3 is 0 Å². The molecule has 0 saturated heterocycles. The molecule has 58 valence electrons. The monoisotopic (exact) mass is 164 g/mol. The average molecular weight is 164 g/mol. The van der Waals surface area contributed by atoms with E-state index >= 15 is 0 Å². The fourth-order valence-corrected chi connectivity index (χ4v) is 0.722. The van der Waals surface area contributed by atoms with Crippen LogP contribution in [0.3, 0.4) is 0 Å². The number of hydrogen-bond donors (Lipinski definition) is 0. The number of benzene rings is 1. The minimum atomic E-state index is -1.27. The molecule has 0 fully saturated rings. The first-order chi connectivity index (χ1) is 5.70. The van der Waals surface area contributed by atoms with Crippen molar-refractivity contribution in [2.45, 2.75) is 0 Å². The molecule has 0 aliphatic carbocycles. The summed E-state index contributed by atoms with van der Waals surface area (Å²) in [6, 6.07) is 5.06. The van der Waals surface area contributed by atoms with Crippen molar-refractivity contribution in [3.63, 3.8) is 0 Å². The van der Waals surface area contributed by atoms with Gasteiger partial charge in [-0.3, -0.25) is 0 Å². The van der Waals surface area contributed by atoms with E-state index in [2.05, 4.69) is 0 Å². The maximum Gasteiger partial charge on any atom is 0.177 e. The third-order valence-corrected chi connectivity index (χ3v) is 1.32. The minimum Gasteiger partial charge on any atom is -0.202 e. The molecule has 4 heteroatoms. The predicted octanol–water partition coefficient (Wildman–Crippen LogP) is 1.71. The van der Waals surface area contributed by atoms with Gasteiger partial charge in [-0.2, -0.15) is 10.5 Å². The second-order valence-electron chi connectivity index (χ2n) is 2.01. The average Bonchev–Trinajstić information content (AvgIpc) is 2.10. The van der Waals surface area contributed by atoms with Gasteiger partial charge in [-0.25, -0.2) is 8.78 Å². The summed E-state index contributed by atoms with van der Waals surface area (Å²) in [4.78, 5) is 0. The lowest BCUT2D eigenvalue weighted by Crippen LogP contribution is -1.93. The molecule has 12 heavy (non-hydrogen) atoms. The Morgan fingerprint density at radius 1 is 0.917 bits per heavy atom. The Balaban J connectivity index is 3.45. The van der Waals surface area contributed by atoms with E-state index in [0.717, 1.165) is 12.1 Å². The zero-order valence-electron chi connectivity index (χ0n) is 5.81. The van der Waals surface area contributed by atoms with Crippen LogP contribution in [0.15, 0.2) is 12.1 Å². The van der Waals surface area contributed by atoms with Crippen LogP contribution in [0.2, 0.25) is 0 Å². The standard InChI is InChI=1S/C8H2F2N2/c9-7-5(3-11)1-2-6(4-12)8(7)10/h1-2H. The van der Waals surface area contributed by atoms with Gasteiger partial charge >= 0.3 is 0 Å². The topological polar surface area (TPSA) is 47.6 Å². The van der Waals surface area contributed by atoms with E-state index < -0.39 is 22.8 Å². The molecular formula is C8H2F2N2. The highest BCUT2D eigenvalue weighted by atomic mass is 19.2. The van der Waals surface area contributed by atoms with Gasteiger partial charge in [-0.05, 0) is 12.1 Å². The van der Waals surface area contributed by atoms with Gasteiger partial charge in [0.05, 0.1) is 11.1 Å². The number of halogens is 2. The first-order valence-electron chi connectivity index (χ1n) is 2.99. The molecule has 0 N–H and O–H groups in total. The van der Waals surface area contributed by atoms with Crippen LogP contribution in [0, 0.1) is 34.3 Å². The summed E-state index contributed by atoms with van der Waals surface area (Å²) in [6.45, 7) is 0. The molecule has 1 aromatic rings. The Labute approximate surface area is 67.3 Å². The van der Waals surface area contributed by atoms with Crippen LogP contribution < -0.4 is 0 Å². The molecule has 2 nitrogen and oxygen atoms in total. The van der Waals surface area contributed by atoms with Crippen LogP contribution in [0.25, 0.3) is 0 Å². The smallest absolute Gasteiger partial charge is 0.177 e. The van der Waals surface area contributed by atoms with E-state index in [1.54, 1.807) is 0 Å². The Morgan fingerprint density at radius 2 is 1.25 bits per heavy atom. The Morgan fingerprint density at radius 3 is 1.50 bits per heavy atom. The first kappa shape index (κ1) is 8.16. The van der Waals surface area contributed by atoms with Gasteiger partial charge in [0.15, 0.2) is 11.6 Å². The van der Waals surface area contributed by atoms with Crippen molar-refractivity contribution in [2.24, 2.45) is 0 Å². The highest BCUT2D eigenvalue weighted by Gasteiger charge is 2.11. The highest BCUT2D eigenvalue weighted by molar-refractivity contribution is 5.39. The maximum atomic E-state index is 12.7. The molecule has 0 saturated carbocycles. The van der Waals surface area contributed by atoms with Crippen LogP contribution in [-0.2, 0) is 0 Å². The lowest BCUT2D eigenvalue weighted by atomic mass is 10.1.